The Bertz CT molecular complexity index is 360. The third-order valence-electron chi connectivity index (χ3n) is 2.32. The molecule has 0 amide bonds. The number of carbonyl (C=O) groups excluding carboxylic acids is 1. The number of halogens is 1. The lowest BCUT2D eigenvalue weighted by Gasteiger charge is -2.22. The maximum absolute atomic E-state index is 11.4. The molecule has 0 aliphatic carbocycles. The third-order valence-corrected chi connectivity index (χ3v) is 2.85. The van der Waals surface area contributed by atoms with Crippen LogP contribution in [0.3, 0.4) is 0 Å². The topological polar surface area (TPSA) is 38.3 Å². The van der Waals surface area contributed by atoms with Crippen LogP contribution in [0.1, 0.15) is 13.8 Å². The molecule has 0 aromatic heterocycles. The molecule has 1 N–H and O–H groups in total. The first-order valence-corrected chi connectivity index (χ1v) is 5.83. The van der Waals surface area contributed by atoms with Gasteiger partial charge in [0.2, 0.25) is 0 Å². The first-order valence-electron chi connectivity index (χ1n) is 5.03. The molecule has 0 bridgehead atoms. The summed E-state index contributed by atoms with van der Waals surface area (Å²) < 4.78 is 5.77. The first-order chi connectivity index (χ1) is 7.45. The van der Waals surface area contributed by atoms with Crippen molar-refractivity contribution < 1.29 is 9.53 Å². The molecule has 0 heterocycles. The van der Waals surface area contributed by atoms with E-state index in [0.717, 1.165) is 10.2 Å². The van der Waals surface area contributed by atoms with Gasteiger partial charge in [0.15, 0.2) is 0 Å². The highest BCUT2D eigenvalue weighted by molar-refractivity contribution is 9.10. The number of nitrogens with one attached hydrogen (secondary N) is 1. The number of ether oxygens (including phenoxy) is 1. The molecule has 0 saturated carbocycles. The van der Waals surface area contributed by atoms with Crippen molar-refractivity contribution >= 4 is 27.6 Å². The second kappa shape index (κ2) is 5.34. The van der Waals surface area contributed by atoms with Crippen molar-refractivity contribution in [2.75, 3.05) is 19.0 Å². The predicted octanol–water partition coefficient (Wildman–Crippen LogP) is 3.06. The number of esters is 1. The van der Waals surface area contributed by atoms with Gasteiger partial charge in [-0.2, -0.15) is 0 Å². The number of carbonyl (C=O) groups is 1. The number of methoxy groups -OCH3 is 1. The van der Waals surface area contributed by atoms with Crippen molar-refractivity contribution in [1.82, 2.24) is 0 Å². The second-order valence-electron chi connectivity index (χ2n) is 4.24. The Morgan fingerprint density at radius 3 is 2.44 bits per heavy atom. The molecule has 16 heavy (non-hydrogen) atoms. The van der Waals surface area contributed by atoms with Crippen molar-refractivity contribution in [3.05, 3.63) is 28.7 Å². The van der Waals surface area contributed by atoms with E-state index in [4.69, 9.17) is 4.74 Å². The Hall–Kier alpha value is -1.03. The van der Waals surface area contributed by atoms with Gasteiger partial charge in [-0.25, -0.2) is 0 Å². The van der Waals surface area contributed by atoms with E-state index >= 15 is 0 Å². The summed E-state index contributed by atoms with van der Waals surface area (Å²) in [7, 11) is 1.41. The normalized spacial score (nSPS) is 11.0. The van der Waals surface area contributed by atoms with Gasteiger partial charge in [0.05, 0.1) is 12.5 Å². The maximum atomic E-state index is 11.4. The summed E-state index contributed by atoms with van der Waals surface area (Å²) in [6.45, 7) is 4.25. The van der Waals surface area contributed by atoms with Crippen LogP contribution in [-0.4, -0.2) is 19.6 Å². The molecular formula is C12H16BrNO2. The van der Waals surface area contributed by atoms with Gasteiger partial charge in [-0.15, -0.1) is 0 Å². The molecule has 88 valence electrons. The standard InChI is InChI=1S/C12H16BrNO2/c1-12(2,11(15)16-3)8-14-10-6-4-9(13)5-7-10/h4-7,14H,8H2,1-3H3. The Morgan fingerprint density at radius 1 is 1.38 bits per heavy atom. The van der Waals surface area contributed by atoms with Crippen molar-refractivity contribution in [2.45, 2.75) is 13.8 Å². The minimum Gasteiger partial charge on any atom is -0.469 e. The summed E-state index contributed by atoms with van der Waals surface area (Å²) in [5, 5.41) is 3.21. The molecule has 0 aliphatic rings. The monoisotopic (exact) mass is 285 g/mol. The van der Waals surface area contributed by atoms with E-state index in [-0.39, 0.29) is 5.97 Å². The molecule has 1 aromatic carbocycles. The molecule has 0 fully saturated rings. The fourth-order valence-corrected chi connectivity index (χ4v) is 1.50. The van der Waals surface area contributed by atoms with Crippen LogP contribution in [0.2, 0.25) is 0 Å². The number of rotatable bonds is 4. The minimum absolute atomic E-state index is 0.211. The lowest BCUT2D eigenvalue weighted by atomic mass is 9.93. The van der Waals surface area contributed by atoms with E-state index in [9.17, 15) is 4.79 Å². The lowest BCUT2D eigenvalue weighted by Crippen LogP contribution is -2.33. The average Bonchev–Trinajstić information content (AvgIpc) is 2.27. The molecule has 0 unspecified atom stereocenters. The SMILES string of the molecule is COC(=O)C(C)(C)CNc1ccc(Br)cc1. The van der Waals surface area contributed by atoms with E-state index in [1.54, 1.807) is 0 Å². The van der Waals surface area contributed by atoms with Gasteiger partial charge in [0.25, 0.3) is 0 Å². The van der Waals surface area contributed by atoms with Gasteiger partial charge in [-0.1, -0.05) is 15.9 Å². The van der Waals surface area contributed by atoms with Crippen LogP contribution in [0.15, 0.2) is 28.7 Å². The molecule has 0 saturated heterocycles. The van der Waals surface area contributed by atoms with Crippen molar-refractivity contribution in [2.24, 2.45) is 5.41 Å². The fraction of sp³-hybridized carbons (Fsp3) is 0.417. The highest BCUT2D eigenvalue weighted by Gasteiger charge is 2.28. The van der Waals surface area contributed by atoms with E-state index in [0.29, 0.717) is 6.54 Å². The quantitative estimate of drug-likeness (QED) is 0.864. The van der Waals surface area contributed by atoms with E-state index in [2.05, 4.69) is 21.2 Å². The van der Waals surface area contributed by atoms with Crippen LogP contribution in [-0.2, 0) is 9.53 Å². The molecule has 1 aromatic rings. The van der Waals surface area contributed by atoms with Gasteiger partial charge in [-0.3, -0.25) is 4.79 Å². The van der Waals surface area contributed by atoms with E-state index in [1.165, 1.54) is 7.11 Å². The van der Waals surface area contributed by atoms with Crippen molar-refractivity contribution in [3.63, 3.8) is 0 Å². The van der Waals surface area contributed by atoms with Gasteiger partial charge >= 0.3 is 5.97 Å². The van der Waals surface area contributed by atoms with Crippen LogP contribution in [0.25, 0.3) is 0 Å². The number of anilines is 1. The molecule has 3 nitrogen and oxygen atoms in total. The zero-order chi connectivity index (χ0) is 12.2. The summed E-state index contributed by atoms with van der Waals surface area (Å²) in [5.41, 5.74) is 0.460. The van der Waals surface area contributed by atoms with Gasteiger partial charge in [0.1, 0.15) is 0 Å². The Balaban J connectivity index is 2.57. The van der Waals surface area contributed by atoms with Crippen LogP contribution < -0.4 is 5.32 Å². The van der Waals surface area contributed by atoms with E-state index < -0.39 is 5.41 Å². The van der Waals surface area contributed by atoms with Crippen molar-refractivity contribution in [1.29, 1.82) is 0 Å². The third kappa shape index (κ3) is 3.52. The van der Waals surface area contributed by atoms with E-state index in [1.807, 2.05) is 38.1 Å². The molecule has 0 radical (unpaired) electrons. The summed E-state index contributed by atoms with van der Waals surface area (Å²) >= 11 is 3.37. The number of benzene rings is 1. The Labute approximate surface area is 104 Å². The minimum atomic E-state index is -0.526. The Morgan fingerprint density at radius 2 is 1.94 bits per heavy atom. The smallest absolute Gasteiger partial charge is 0.313 e. The second-order valence-corrected chi connectivity index (χ2v) is 5.15. The fourth-order valence-electron chi connectivity index (χ4n) is 1.24. The van der Waals surface area contributed by atoms with Crippen LogP contribution in [0.4, 0.5) is 5.69 Å². The molecule has 0 aliphatic heterocycles. The van der Waals surface area contributed by atoms with Gasteiger partial charge in [0, 0.05) is 16.7 Å². The summed E-state index contributed by atoms with van der Waals surface area (Å²) in [6, 6.07) is 7.82. The van der Waals surface area contributed by atoms with Crippen LogP contribution in [0, 0.1) is 5.41 Å². The highest BCUT2D eigenvalue weighted by atomic mass is 79.9. The summed E-state index contributed by atoms with van der Waals surface area (Å²) in [6.07, 6.45) is 0. The summed E-state index contributed by atoms with van der Waals surface area (Å²) in [5.74, 6) is -0.211. The number of hydrogen-bond donors (Lipinski definition) is 1. The summed E-state index contributed by atoms with van der Waals surface area (Å²) in [4.78, 5) is 11.4. The highest BCUT2D eigenvalue weighted by Crippen LogP contribution is 2.19. The number of hydrogen-bond acceptors (Lipinski definition) is 3. The molecule has 1 rings (SSSR count). The van der Waals surface area contributed by atoms with Crippen LogP contribution >= 0.6 is 15.9 Å². The molecule has 4 heteroatoms. The maximum Gasteiger partial charge on any atom is 0.313 e. The Kier molecular flexibility index (Phi) is 4.35. The predicted molar refractivity (Wildman–Crippen MR) is 68.4 cm³/mol. The van der Waals surface area contributed by atoms with Crippen molar-refractivity contribution in [3.8, 4) is 0 Å². The first kappa shape index (κ1) is 13.0. The van der Waals surface area contributed by atoms with Crippen LogP contribution in [0.5, 0.6) is 0 Å². The molecule has 0 spiro atoms. The lowest BCUT2D eigenvalue weighted by molar-refractivity contribution is -0.149. The zero-order valence-corrected chi connectivity index (χ0v) is 11.3. The molecular weight excluding hydrogens is 270 g/mol. The van der Waals surface area contributed by atoms with Gasteiger partial charge in [-0.05, 0) is 38.1 Å². The average molecular weight is 286 g/mol. The van der Waals surface area contributed by atoms with Gasteiger partial charge < -0.3 is 10.1 Å². The zero-order valence-electron chi connectivity index (χ0n) is 9.71. The largest absolute Gasteiger partial charge is 0.469 e. The molecule has 0 atom stereocenters.